The van der Waals surface area contributed by atoms with Crippen LogP contribution in [0.1, 0.15) is 83.3 Å². The molecule has 2 bridgehead atoms. The Labute approximate surface area is 146 Å². The van der Waals surface area contributed by atoms with E-state index in [9.17, 15) is 0 Å². The molecule has 4 rings (SSSR count). The van der Waals surface area contributed by atoms with Crippen molar-refractivity contribution in [2.45, 2.75) is 90.3 Å². The highest BCUT2D eigenvalue weighted by Crippen LogP contribution is 2.58. The summed E-state index contributed by atoms with van der Waals surface area (Å²) < 4.78 is 13.0. The van der Waals surface area contributed by atoms with Crippen LogP contribution in [0.2, 0.25) is 0 Å². The Morgan fingerprint density at radius 2 is 1.92 bits per heavy atom. The average molecular weight is 328 g/mol. The SMILES string of the molecule is CCCCCc1cc2c3c(c1)OC(C)(C)C1CCC(CC31)[C@@H](C)O2. The highest BCUT2D eigenvalue weighted by molar-refractivity contribution is 5.53. The molecule has 0 saturated heterocycles. The first-order chi connectivity index (χ1) is 11.5. The van der Waals surface area contributed by atoms with Crippen LogP contribution < -0.4 is 9.47 Å². The van der Waals surface area contributed by atoms with Gasteiger partial charge in [0.05, 0.1) is 6.10 Å². The van der Waals surface area contributed by atoms with Crippen molar-refractivity contribution in [1.29, 1.82) is 0 Å². The van der Waals surface area contributed by atoms with Crippen molar-refractivity contribution in [1.82, 2.24) is 0 Å². The molecule has 3 unspecified atom stereocenters. The summed E-state index contributed by atoms with van der Waals surface area (Å²) in [6, 6.07) is 4.64. The zero-order valence-corrected chi connectivity index (χ0v) is 15.7. The molecule has 0 spiro atoms. The maximum atomic E-state index is 6.55. The minimum Gasteiger partial charge on any atom is -0.490 e. The van der Waals surface area contributed by atoms with E-state index in [4.69, 9.17) is 9.47 Å². The summed E-state index contributed by atoms with van der Waals surface area (Å²) >= 11 is 0. The molecule has 1 aliphatic carbocycles. The van der Waals surface area contributed by atoms with Crippen molar-refractivity contribution in [2.75, 3.05) is 0 Å². The van der Waals surface area contributed by atoms with E-state index in [1.807, 2.05) is 0 Å². The van der Waals surface area contributed by atoms with Crippen molar-refractivity contribution in [3.8, 4) is 11.5 Å². The van der Waals surface area contributed by atoms with E-state index < -0.39 is 0 Å². The van der Waals surface area contributed by atoms with Gasteiger partial charge in [-0.1, -0.05) is 19.8 Å². The van der Waals surface area contributed by atoms with Crippen LogP contribution in [0.3, 0.4) is 0 Å². The third-order valence-electron chi connectivity index (χ3n) is 6.74. The lowest BCUT2D eigenvalue weighted by molar-refractivity contribution is -0.0180. The smallest absolute Gasteiger partial charge is 0.127 e. The highest BCUT2D eigenvalue weighted by Gasteiger charge is 2.50. The number of rotatable bonds is 4. The molecule has 0 amide bonds. The number of hydrogen-bond acceptors (Lipinski definition) is 2. The van der Waals surface area contributed by atoms with Gasteiger partial charge >= 0.3 is 0 Å². The number of benzene rings is 1. The monoisotopic (exact) mass is 328 g/mol. The summed E-state index contributed by atoms with van der Waals surface area (Å²) in [5, 5.41) is 0. The third-order valence-corrected chi connectivity index (χ3v) is 6.74. The first-order valence-electron chi connectivity index (χ1n) is 10.0. The van der Waals surface area contributed by atoms with E-state index >= 15 is 0 Å². The fourth-order valence-corrected chi connectivity index (χ4v) is 5.36. The highest BCUT2D eigenvalue weighted by atomic mass is 16.5. The van der Waals surface area contributed by atoms with Crippen LogP contribution in [0, 0.1) is 11.8 Å². The lowest BCUT2D eigenvalue weighted by Crippen LogP contribution is -2.47. The maximum Gasteiger partial charge on any atom is 0.127 e. The van der Waals surface area contributed by atoms with Crippen LogP contribution in [0.4, 0.5) is 0 Å². The summed E-state index contributed by atoms with van der Waals surface area (Å²) in [5.74, 6) is 4.18. The van der Waals surface area contributed by atoms with Crippen LogP contribution in [0.15, 0.2) is 12.1 Å². The summed E-state index contributed by atoms with van der Waals surface area (Å²) in [6.07, 6.45) is 9.09. The fraction of sp³-hybridized carbons (Fsp3) is 0.727. The van der Waals surface area contributed by atoms with Gasteiger partial charge in [-0.15, -0.1) is 0 Å². The summed E-state index contributed by atoms with van der Waals surface area (Å²) in [6.45, 7) is 9.11. The summed E-state index contributed by atoms with van der Waals surface area (Å²) in [5.41, 5.74) is 2.71. The Kier molecular flexibility index (Phi) is 4.05. The normalized spacial score (nSPS) is 32.5. The van der Waals surface area contributed by atoms with Gasteiger partial charge in [0, 0.05) is 11.5 Å². The maximum absolute atomic E-state index is 6.55. The molecule has 1 saturated carbocycles. The number of aryl methyl sites for hydroxylation is 1. The predicted molar refractivity (Wildman–Crippen MR) is 98.0 cm³/mol. The molecule has 2 heteroatoms. The second kappa shape index (κ2) is 5.97. The Morgan fingerprint density at radius 1 is 1.12 bits per heavy atom. The quantitative estimate of drug-likeness (QED) is 0.643. The van der Waals surface area contributed by atoms with Crippen molar-refractivity contribution in [3.63, 3.8) is 0 Å². The molecule has 1 aromatic rings. The molecule has 2 heterocycles. The molecule has 2 aliphatic heterocycles. The lowest BCUT2D eigenvalue weighted by atomic mass is 9.63. The molecule has 0 radical (unpaired) electrons. The fourth-order valence-electron chi connectivity index (χ4n) is 5.36. The molecule has 24 heavy (non-hydrogen) atoms. The molecule has 0 aromatic heterocycles. The third kappa shape index (κ3) is 2.62. The number of ether oxygens (including phenoxy) is 2. The van der Waals surface area contributed by atoms with Gasteiger partial charge < -0.3 is 9.47 Å². The molecule has 4 atom stereocenters. The van der Waals surface area contributed by atoms with Gasteiger partial charge in [0.2, 0.25) is 0 Å². The molecule has 3 aliphatic rings. The van der Waals surface area contributed by atoms with E-state index in [0.717, 1.165) is 17.9 Å². The predicted octanol–water partition coefficient (Wildman–Crippen LogP) is 5.87. The van der Waals surface area contributed by atoms with Crippen molar-refractivity contribution in [3.05, 3.63) is 23.3 Å². The summed E-state index contributed by atoms with van der Waals surface area (Å²) in [4.78, 5) is 0. The molecule has 1 fully saturated rings. The topological polar surface area (TPSA) is 18.5 Å². The second-order valence-electron chi connectivity index (χ2n) is 8.78. The number of unbranched alkanes of at least 4 members (excludes halogenated alkanes) is 2. The van der Waals surface area contributed by atoms with E-state index in [1.54, 1.807) is 0 Å². The van der Waals surface area contributed by atoms with Crippen molar-refractivity contribution < 1.29 is 9.47 Å². The van der Waals surface area contributed by atoms with Gasteiger partial charge in [0.25, 0.3) is 0 Å². The first kappa shape index (κ1) is 16.3. The molecule has 0 N–H and O–H groups in total. The summed E-state index contributed by atoms with van der Waals surface area (Å²) in [7, 11) is 0. The minimum absolute atomic E-state index is 0.0600. The van der Waals surface area contributed by atoms with E-state index in [-0.39, 0.29) is 5.60 Å². The van der Waals surface area contributed by atoms with E-state index in [1.165, 1.54) is 49.7 Å². The Hall–Kier alpha value is -1.18. The van der Waals surface area contributed by atoms with Gasteiger partial charge in [-0.25, -0.2) is 0 Å². The number of hydrogen-bond donors (Lipinski definition) is 0. The van der Waals surface area contributed by atoms with Crippen molar-refractivity contribution in [2.24, 2.45) is 11.8 Å². The van der Waals surface area contributed by atoms with Crippen LogP contribution in [0.5, 0.6) is 11.5 Å². The Morgan fingerprint density at radius 3 is 2.71 bits per heavy atom. The largest absolute Gasteiger partial charge is 0.490 e. The Bertz CT molecular complexity index is 619. The van der Waals surface area contributed by atoms with Crippen molar-refractivity contribution >= 4 is 0 Å². The van der Waals surface area contributed by atoms with Crippen LogP contribution in [-0.4, -0.2) is 11.7 Å². The lowest BCUT2D eigenvalue weighted by Gasteiger charge is -2.48. The molecule has 2 nitrogen and oxygen atoms in total. The molecular formula is C22H32O2. The van der Waals surface area contributed by atoms with Crippen LogP contribution in [-0.2, 0) is 6.42 Å². The Balaban J connectivity index is 1.76. The standard InChI is InChI=1S/C22H32O2/c1-5-6-7-8-15-11-19-21-17-13-16(14(2)23-19)9-10-18(17)22(3,4)24-20(21)12-15/h11-12,14,16-18H,5-10,13H2,1-4H3/t14-,16?,17?,18?/m1/s1. The van der Waals surface area contributed by atoms with Crippen LogP contribution >= 0.6 is 0 Å². The molecular weight excluding hydrogens is 296 g/mol. The minimum atomic E-state index is -0.0600. The van der Waals surface area contributed by atoms with Gasteiger partial charge in [0.1, 0.15) is 17.1 Å². The van der Waals surface area contributed by atoms with Gasteiger partial charge in [0.15, 0.2) is 0 Å². The van der Waals surface area contributed by atoms with Gasteiger partial charge in [-0.2, -0.15) is 0 Å². The zero-order valence-electron chi connectivity index (χ0n) is 15.7. The molecule has 132 valence electrons. The molecule has 1 aromatic carbocycles. The number of fused-ring (bicyclic) bond motifs is 1. The van der Waals surface area contributed by atoms with E-state index in [0.29, 0.717) is 23.9 Å². The van der Waals surface area contributed by atoms with E-state index in [2.05, 4.69) is 39.8 Å². The zero-order chi connectivity index (χ0) is 16.9. The second-order valence-corrected chi connectivity index (χ2v) is 8.78. The average Bonchev–Trinajstić information content (AvgIpc) is 2.63. The van der Waals surface area contributed by atoms with Crippen LogP contribution in [0.25, 0.3) is 0 Å². The first-order valence-corrected chi connectivity index (χ1v) is 10.0. The van der Waals surface area contributed by atoms with Gasteiger partial charge in [-0.05, 0) is 82.4 Å². The van der Waals surface area contributed by atoms with Gasteiger partial charge in [-0.3, -0.25) is 0 Å².